The molecule has 3 aromatic rings. The maximum absolute atomic E-state index is 12.3. The van der Waals surface area contributed by atoms with Crippen LogP contribution in [0.4, 0.5) is 13.2 Å². The predicted molar refractivity (Wildman–Crippen MR) is 123 cm³/mol. The van der Waals surface area contributed by atoms with E-state index in [9.17, 15) is 18.0 Å². The van der Waals surface area contributed by atoms with Crippen LogP contribution in [0.15, 0.2) is 42.5 Å². The van der Waals surface area contributed by atoms with Crippen LogP contribution in [0.1, 0.15) is 19.5 Å². The van der Waals surface area contributed by atoms with E-state index >= 15 is 0 Å². The second-order valence-electron chi connectivity index (χ2n) is 7.82. The molecule has 0 saturated heterocycles. The Labute approximate surface area is 209 Å². The van der Waals surface area contributed by atoms with Crippen LogP contribution in [0.5, 0.6) is 17.2 Å². The topological polar surface area (TPSA) is 71.8 Å². The van der Waals surface area contributed by atoms with E-state index in [2.05, 4.69) is 9.84 Å². The predicted octanol–water partition coefficient (Wildman–Crippen LogP) is 6.20. The van der Waals surface area contributed by atoms with E-state index in [0.29, 0.717) is 17.0 Å². The molecule has 0 saturated carbocycles. The van der Waals surface area contributed by atoms with Crippen molar-refractivity contribution in [3.05, 3.63) is 58.2 Å². The van der Waals surface area contributed by atoms with Crippen molar-refractivity contribution in [3.8, 4) is 28.5 Å². The molecule has 12 heteroatoms. The first-order valence-corrected chi connectivity index (χ1v) is 10.8. The molecule has 3 rings (SSSR count). The Hall–Kier alpha value is -3.11. The van der Waals surface area contributed by atoms with Gasteiger partial charge in [-0.15, -0.1) is 13.2 Å². The van der Waals surface area contributed by atoms with Crippen molar-refractivity contribution < 1.29 is 36.9 Å². The highest BCUT2D eigenvalue weighted by molar-refractivity contribution is 6.35. The van der Waals surface area contributed by atoms with Crippen molar-refractivity contribution in [1.29, 1.82) is 0 Å². The van der Waals surface area contributed by atoms with Gasteiger partial charge in [-0.05, 0) is 44.2 Å². The van der Waals surface area contributed by atoms with Crippen molar-refractivity contribution in [3.63, 3.8) is 0 Å². The fourth-order valence-electron chi connectivity index (χ4n) is 3.02. The number of methoxy groups -OCH3 is 1. The Balaban J connectivity index is 1.71. The maximum Gasteiger partial charge on any atom is 0.573 e. The van der Waals surface area contributed by atoms with Crippen molar-refractivity contribution >= 4 is 29.2 Å². The number of ether oxygens (including phenoxy) is 4. The summed E-state index contributed by atoms with van der Waals surface area (Å²) in [6, 6.07) is 9.98. The summed E-state index contributed by atoms with van der Waals surface area (Å²) in [5.74, 6) is -0.453. The van der Waals surface area contributed by atoms with Gasteiger partial charge < -0.3 is 18.9 Å². The van der Waals surface area contributed by atoms with Gasteiger partial charge in [0.1, 0.15) is 23.9 Å². The molecule has 7 nitrogen and oxygen atoms in total. The number of aromatic nitrogens is 2. The van der Waals surface area contributed by atoms with Gasteiger partial charge in [-0.1, -0.05) is 23.2 Å². The van der Waals surface area contributed by atoms with E-state index in [1.54, 1.807) is 17.8 Å². The minimum Gasteiger partial charge on any atom is -0.486 e. The molecule has 2 aromatic carbocycles. The molecule has 0 bridgehead atoms. The third kappa shape index (κ3) is 6.73. The van der Waals surface area contributed by atoms with Gasteiger partial charge in [-0.2, -0.15) is 5.10 Å². The second kappa shape index (κ2) is 10.2. The number of hydrogen-bond acceptors (Lipinski definition) is 6. The summed E-state index contributed by atoms with van der Waals surface area (Å²) >= 11 is 12.6. The molecule has 0 aliphatic rings. The number of hydrogen-bond donors (Lipinski definition) is 0. The van der Waals surface area contributed by atoms with Gasteiger partial charge >= 0.3 is 12.3 Å². The number of carbonyl (C=O) groups is 1. The molecule has 0 spiro atoms. The Morgan fingerprint density at radius 1 is 1.00 bits per heavy atom. The van der Waals surface area contributed by atoms with Gasteiger partial charge in [0.15, 0.2) is 5.60 Å². The zero-order valence-electron chi connectivity index (χ0n) is 19.1. The number of nitrogens with zero attached hydrogens (tertiary/aromatic N) is 2. The molecule has 1 aromatic heterocycles. The van der Waals surface area contributed by atoms with Crippen LogP contribution in [-0.4, -0.2) is 34.8 Å². The molecule has 0 aliphatic heterocycles. The fourth-order valence-corrected chi connectivity index (χ4v) is 3.42. The van der Waals surface area contributed by atoms with Gasteiger partial charge in [0, 0.05) is 24.7 Å². The van der Waals surface area contributed by atoms with Crippen LogP contribution in [-0.2, 0) is 23.2 Å². The van der Waals surface area contributed by atoms with Crippen LogP contribution >= 0.6 is 23.2 Å². The van der Waals surface area contributed by atoms with E-state index in [1.165, 1.54) is 57.4 Å². The summed E-state index contributed by atoms with van der Waals surface area (Å²) in [4.78, 5) is 11.9. The zero-order chi connectivity index (χ0) is 26.0. The first-order valence-electron chi connectivity index (χ1n) is 10.1. The van der Waals surface area contributed by atoms with E-state index in [1.807, 2.05) is 0 Å². The molecule has 0 atom stereocenters. The van der Waals surface area contributed by atoms with Crippen molar-refractivity contribution in [2.45, 2.75) is 32.4 Å². The molecular formula is C23H21Cl2F3N2O5. The van der Waals surface area contributed by atoms with Crippen molar-refractivity contribution in [2.75, 3.05) is 7.11 Å². The van der Waals surface area contributed by atoms with Crippen LogP contribution < -0.4 is 14.2 Å². The highest BCUT2D eigenvalue weighted by atomic mass is 35.5. The van der Waals surface area contributed by atoms with Gasteiger partial charge in [-0.25, -0.2) is 4.79 Å². The summed E-state index contributed by atoms with van der Waals surface area (Å²) in [7, 11) is 2.95. The molecule has 0 amide bonds. The minimum atomic E-state index is -4.76. The summed E-state index contributed by atoms with van der Waals surface area (Å²) in [5, 5.41) is 4.74. The number of aryl methyl sites for hydroxylation is 1. The molecule has 0 radical (unpaired) electrons. The third-order valence-electron chi connectivity index (χ3n) is 4.76. The van der Waals surface area contributed by atoms with Crippen molar-refractivity contribution in [1.82, 2.24) is 9.78 Å². The largest absolute Gasteiger partial charge is 0.573 e. The quantitative estimate of drug-likeness (QED) is 0.321. The van der Waals surface area contributed by atoms with Crippen LogP contribution in [0, 0.1) is 0 Å². The molecule has 0 N–H and O–H groups in total. The molecule has 1 heterocycles. The maximum atomic E-state index is 12.3. The average molecular weight is 533 g/mol. The van der Waals surface area contributed by atoms with Crippen molar-refractivity contribution in [2.24, 2.45) is 7.05 Å². The first kappa shape index (κ1) is 26.5. The standard InChI is InChI=1S/C23H21Cl2F3N2O5/c1-22(2,21(31)32-4)35-20-11-16(24)19(10-17(20)25)33-12-14-9-18(29-30(14)3)13-5-7-15(8-6-13)34-23(26,27)28/h5-11H,12H2,1-4H3. The summed E-state index contributed by atoms with van der Waals surface area (Å²) in [5.41, 5.74) is 0.501. The first-order chi connectivity index (χ1) is 16.3. The average Bonchev–Trinajstić information content (AvgIpc) is 3.14. The Morgan fingerprint density at radius 3 is 2.20 bits per heavy atom. The molecule has 0 fully saturated rings. The lowest BCUT2D eigenvalue weighted by molar-refractivity contribution is -0.274. The van der Waals surface area contributed by atoms with Gasteiger partial charge in [0.25, 0.3) is 0 Å². The number of benzene rings is 2. The Bertz CT molecular complexity index is 1210. The molecule has 188 valence electrons. The Morgan fingerprint density at radius 2 is 1.60 bits per heavy atom. The summed E-state index contributed by atoms with van der Waals surface area (Å²) in [6.07, 6.45) is -4.76. The van der Waals surface area contributed by atoms with E-state index in [-0.39, 0.29) is 33.9 Å². The molecular weight excluding hydrogens is 512 g/mol. The summed E-state index contributed by atoms with van der Waals surface area (Å²) < 4.78 is 58.7. The number of alkyl halides is 3. The Kier molecular flexibility index (Phi) is 7.76. The second-order valence-corrected chi connectivity index (χ2v) is 8.64. The smallest absolute Gasteiger partial charge is 0.486 e. The van der Waals surface area contributed by atoms with E-state index in [0.717, 1.165) is 0 Å². The SMILES string of the molecule is COC(=O)C(C)(C)Oc1cc(Cl)c(OCc2cc(-c3ccc(OC(F)(F)F)cc3)nn2C)cc1Cl. The van der Waals surface area contributed by atoms with Crippen LogP contribution in [0.3, 0.4) is 0 Å². The molecule has 35 heavy (non-hydrogen) atoms. The van der Waals surface area contributed by atoms with Crippen LogP contribution in [0.2, 0.25) is 10.0 Å². The molecule has 0 aliphatic carbocycles. The summed E-state index contributed by atoms with van der Waals surface area (Å²) in [6.45, 7) is 3.14. The molecule has 0 unspecified atom stereocenters. The lowest BCUT2D eigenvalue weighted by Crippen LogP contribution is -2.39. The lowest BCUT2D eigenvalue weighted by Gasteiger charge is -2.24. The van der Waals surface area contributed by atoms with Gasteiger partial charge in [-0.3, -0.25) is 4.68 Å². The monoisotopic (exact) mass is 532 g/mol. The van der Waals surface area contributed by atoms with E-state index < -0.39 is 17.9 Å². The number of rotatable bonds is 8. The van der Waals surface area contributed by atoms with Gasteiger partial charge in [0.05, 0.1) is 28.5 Å². The van der Waals surface area contributed by atoms with Crippen LogP contribution in [0.25, 0.3) is 11.3 Å². The highest BCUT2D eigenvalue weighted by Gasteiger charge is 2.32. The highest BCUT2D eigenvalue weighted by Crippen LogP contribution is 2.38. The normalized spacial score (nSPS) is 11.8. The third-order valence-corrected chi connectivity index (χ3v) is 5.36. The minimum absolute atomic E-state index is 0.0721. The number of halogens is 5. The lowest BCUT2D eigenvalue weighted by atomic mass is 10.1. The number of esters is 1. The zero-order valence-corrected chi connectivity index (χ0v) is 20.6. The van der Waals surface area contributed by atoms with E-state index in [4.69, 9.17) is 37.4 Å². The van der Waals surface area contributed by atoms with Gasteiger partial charge in [0.2, 0.25) is 0 Å². The fraction of sp³-hybridized carbons (Fsp3) is 0.304. The number of carbonyl (C=O) groups excluding carboxylic acids is 1.